The van der Waals surface area contributed by atoms with E-state index < -0.39 is 0 Å². The number of benzene rings is 2. The summed E-state index contributed by atoms with van der Waals surface area (Å²) >= 11 is 0. The van der Waals surface area contributed by atoms with Crippen LogP contribution in [-0.2, 0) is 10.2 Å². The van der Waals surface area contributed by atoms with Gasteiger partial charge in [0.1, 0.15) is 11.8 Å². The molecule has 3 rings (SSSR count). The van der Waals surface area contributed by atoms with Crippen molar-refractivity contribution in [3.05, 3.63) is 59.7 Å². The van der Waals surface area contributed by atoms with E-state index in [0.29, 0.717) is 12.5 Å². The van der Waals surface area contributed by atoms with Crippen molar-refractivity contribution in [2.24, 2.45) is 5.92 Å². The van der Waals surface area contributed by atoms with Gasteiger partial charge in [-0.1, -0.05) is 58.9 Å². The number of aromatic hydroxyl groups is 1. The lowest BCUT2D eigenvalue weighted by Gasteiger charge is -2.36. The van der Waals surface area contributed by atoms with E-state index >= 15 is 0 Å². The highest BCUT2D eigenvalue weighted by Crippen LogP contribution is 2.25. The van der Waals surface area contributed by atoms with Gasteiger partial charge in [-0.05, 0) is 35.2 Å². The molecule has 5 heteroatoms. The minimum Gasteiger partial charge on any atom is -0.508 e. The molecule has 5 nitrogen and oxygen atoms in total. The van der Waals surface area contributed by atoms with Gasteiger partial charge in [0.15, 0.2) is 6.54 Å². The van der Waals surface area contributed by atoms with Gasteiger partial charge >= 0.3 is 0 Å². The van der Waals surface area contributed by atoms with Crippen molar-refractivity contribution in [3.63, 3.8) is 0 Å². The average Bonchev–Trinajstić information content (AvgIpc) is 2.74. The molecule has 0 aliphatic carbocycles. The van der Waals surface area contributed by atoms with Gasteiger partial charge in [0.2, 0.25) is 0 Å². The highest BCUT2D eigenvalue weighted by molar-refractivity contribution is 5.77. The van der Waals surface area contributed by atoms with Crippen LogP contribution in [0.4, 0.5) is 5.69 Å². The molecule has 2 aromatic carbocycles. The van der Waals surface area contributed by atoms with Gasteiger partial charge in [-0.3, -0.25) is 4.79 Å². The fourth-order valence-corrected chi connectivity index (χ4v) is 4.23. The number of nitrogens with zero attached hydrogens (tertiary/aromatic N) is 2. The van der Waals surface area contributed by atoms with Crippen LogP contribution in [0.2, 0.25) is 0 Å². The number of piperazine rings is 1. The van der Waals surface area contributed by atoms with E-state index in [1.54, 1.807) is 12.1 Å². The van der Waals surface area contributed by atoms with Gasteiger partial charge in [-0.2, -0.15) is 0 Å². The quantitative estimate of drug-likeness (QED) is 0.748. The van der Waals surface area contributed by atoms with Crippen LogP contribution in [0, 0.1) is 5.92 Å². The smallest absolute Gasteiger partial charge is 0.277 e. The molecule has 31 heavy (non-hydrogen) atoms. The lowest BCUT2D eigenvalue weighted by atomic mass is 9.85. The number of quaternary nitrogens is 1. The second-order valence-electron chi connectivity index (χ2n) is 9.97. The van der Waals surface area contributed by atoms with E-state index in [1.165, 1.54) is 11.1 Å². The van der Waals surface area contributed by atoms with Crippen LogP contribution in [-0.4, -0.2) is 48.6 Å². The summed E-state index contributed by atoms with van der Waals surface area (Å²) in [4.78, 5) is 17.1. The third kappa shape index (κ3) is 6.01. The Hall–Kier alpha value is -2.53. The Morgan fingerprint density at radius 3 is 2.06 bits per heavy atom. The number of anilines is 1. The van der Waals surface area contributed by atoms with Gasteiger partial charge in [0, 0.05) is 43.3 Å². The molecule has 0 aromatic heterocycles. The number of amides is 1. The predicted molar refractivity (Wildman–Crippen MR) is 126 cm³/mol. The number of phenols is 1. The summed E-state index contributed by atoms with van der Waals surface area (Å²) in [5, 5.41) is 11.7. The Morgan fingerprint density at radius 1 is 0.968 bits per heavy atom. The standard InChI is InChI=1S/C26H37N3O2/c1-19(2)25(20-6-8-21(9-7-20)26(3,4)5)27-18-24(31)29-16-14-28(15-17-29)22-10-12-23(30)13-11-22/h6-13,19,25,27,30H,14-18H2,1-5H3/p+1/t25-/m0/s1. The van der Waals surface area contributed by atoms with E-state index in [0.717, 1.165) is 31.9 Å². The van der Waals surface area contributed by atoms with Crippen LogP contribution < -0.4 is 10.2 Å². The maximum absolute atomic E-state index is 12.9. The number of carbonyl (C=O) groups is 1. The third-order valence-electron chi connectivity index (χ3n) is 6.27. The number of phenolic OH excluding ortho intramolecular Hbond substituents is 1. The third-order valence-corrected chi connectivity index (χ3v) is 6.27. The van der Waals surface area contributed by atoms with Crippen LogP contribution in [0.3, 0.4) is 0 Å². The van der Waals surface area contributed by atoms with Gasteiger partial charge < -0.3 is 20.2 Å². The Kier molecular flexibility index (Phi) is 7.26. The van der Waals surface area contributed by atoms with Crippen molar-refractivity contribution in [2.45, 2.75) is 46.1 Å². The van der Waals surface area contributed by atoms with Crippen molar-refractivity contribution in [1.82, 2.24) is 4.90 Å². The second-order valence-corrected chi connectivity index (χ2v) is 9.97. The van der Waals surface area contributed by atoms with Gasteiger partial charge in [0.05, 0.1) is 0 Å². The SMILES string of the molecule is CC(C)[C@H]([NH2+]CC(=O)N1CCN(c2ccc(O)cc2)CC1)c1ccc(C(C)(C)C)cc1. The molecule has 1 amide bonds. The second kappa shape index (κ2) is 9.73. The number of carbonyl (C=O) groups excluding carboxylic acids is 1. The number of rotatable bonds is 6. The van der Waals surface area contributed by atoms with Gasteiger partial charge in [-0.15, -0.1) is 0 Å². The molecule has 1 aliphatic rings. The highest BCUT2D eigenvalue weighted by Gasteiger charge is 2.26. The Labute approximate surface area is 187 Å². The molecule has 0 saturated carbocycles. The Bertz CT molecular complexity index is 846. The predicted octanol–water partition coefficient (Wildman–Crippen LogP) is 3.30. The summed E-state index contributed by atoms with van der Waals surface area (Å²) < 4.78 is 0. The van der Waals surface area contributed by atoms with E-state index in [9.17, 15) is 9.90 Å². The van der Waals surface area contributed by atoms with E-state index in [4.69, 9.17) is 0 Å². The number of hydrogen-bond donors (Lipinski definition) is 2. The molecule has 0 unspecified atom stereocenters. The zero-order valence-electron chi connectivity index (χ0n) is 19.6. The van der Waals surface area contributed by atoms with Gasteiger partial charge in [0.25, 0.3) is 5.91 Å². The van der Waals surface area contributed by atoms with E-state index in [2.05, 4.69) is 69.1 Å². The fraction of sp³-hybridized carbons (Fsp3) is 0.500. The summed E-state index contributed by atoms with van der Waals surface area (Å²) in [5.74, 6) is 0.933. The lowest BCUT2D eigenvalue weighted by molar-refractivity contribution is -0.692. The molecule has 1 aliphatic heterocycles. The Balaban J connectivity index is 1.54. The topological polar surface area (TPSA) is 60.4 Å². The van der Waals surface area contributed by atoms with Crippen molar-refractivity contribution in [3.8, 4) is 5.75 Å². The van der Waals surface area contributed by atoms with Gasteiger partial charge in [-0.25, -0.2) is 0 Å². The van der Waals surface area contributed by atoms with E-state index in [-0.39, 0.29) is 23.1 Å². The molecule has 3 N–H and O–H groups in total. The molecule has 1 fully saturated rings. The number of nitrogens with two attached hydrogens (primary N) is 1. The molecule has 0 bridgehead atoms. The highest BCUT2D eigenvalue weighted by atomic mass is 16.3. The Morgan fingerprint density at radius 2 is 1.55 bits per heavy atom. The summed E-state index contributed by atoms with van der Waals surface area (Å²) in [5.41, 5.74) is 3.86. The number of hydrogen-bond acceptors (Lipinski definition) is 3. The average molecular weight is 425 g/mol. The first-order chi connectivity index (χ1) is 14.6. The van der Waals surface area contributed by atoms with E-state index in [1.807, 2.05) is 17.0 Å². The summed E-state index contributed by atoms with van der Waals surface area (Å²) in [7, 11) is 0. The van der Waals surface area contributed by atoms with Crippen LogP contribution in [0.1, 0.15) is 51.8 Å². The van der Waals surface area contributed by atoms with Crippen LogP contribution >= 0.6 is 0 Å². The van der Waals surface area contributed by atoms with Crippen LogP contribution in [0.5, 0.6) is 5.75 Å². The van der Waals surface area contributed by atoms with Crippen molar-refractivity contribution < 1.29 is 15.2 Å². The fourth-order valence-electron chi connectivity index (χ4n) is 4.23. The summed E-state index contributed by atoms with van der Waals surface area (Å²) in [6.07, 6.45) is 0. The monoisotopic (exact) mass is 424 g/mol. The zero-order valence-corrected chi connectivity index (χ0v) is 19.6. The largest absolute Gasteiger partial charge is 0.508 e. The first-order valence-corrected chi connectivity index (χ1v) is 11.4. The van der Waals surface area contributed by atoms with Crippen molar-refractivity contribution in [1.29, 1.82) is 0 Å². The molecule has 0 spiro atoms. The normalized spacial score (nSPS) is 15.9. The van der Waals surface area contributed by atoms with Crippen LogP contribution in [0.15, 0.2) is 48.5 Å². The lowest BCUT2D eigenvalue weighted by Crippen LogP contribution is -2.88. The summed E-state index contributed by atoms with van der Waals surface area (Å²) in [6, 6.07) is 16.5. The molecule has 1 saturated heterocycles. The van der Waals surface area contributed by atoms with Crippen LogP contribution in [0.25, 0.3) is 0 Å². The molecular weight excluding hydrogens is 386 g/mol. The first-order valence-electron chi connectivity index (χ1n) is 11.4. The minimum atomic E-state index is 0.147. The molecule has 168 valence electrons. The zero-order chi connectivity index (χ0) is 22.6. The molecule has 1 heterocycles. The molecule has 1 atom stereocenters. The van der Waals surface area contributed by atoms with Crippen molar-refractivity contribution >= 4 is 11.6 Å². The summed E-state index contributed by atoms with van der Waals surface area (Å²) in [6.45, 7) is 14.7. The van der Waals surface area contributed by atoms with Crippen molar-refractivity contribution in [2.75, 3.05) is 37.6 Å². The molecular formula is C26H38N3O2+. The molecule has 2 aromatic rings. The first kappa shape index (κ1) is 23.1. The maximum Gasteiger partial charge on any atom is 0.277 e. The maximum atomic E-state index is 12.9. The molecule has 0 radical (unpaired) electrons. The minimum absolute atomic E-state index is 0.147.